The maximum absolute atomic E-state index is 11.9. The minimum absolute atomic E-state index is 0.416. The number of benzene rings is 1. The molecule has 1 aromatic carbocycles. The van der Waals surface area contributed by atoms with E-state index in [2.05, 4.69) is 31.9 Å². The number of aliphatic carboxylic acids is 1. The number of amides is 3. The van der Waals surface area contributed by atoms with Gasteiger partial charge in [-0.25, -0.2) is 4.79 Å². The molecule has 0 saturated heterocycles. The molecule has 0 heterocycles. The molecule has 1 unspecified atom stereocenters. The van der Waals surface area contributed by atoms with Crippen molar-refractivity contribution in [3.8, 4) is 0 Å². The number of carbonyl (C=O) groups is 3. The third-order valence-electron chi connectivity index (χ3n) is 2.72. The fraction of sp³-hybridized carbons (Fsp3) is 0.357. The number of carboxylic acid groups (broad SMARTS) is 1. The Bertz CT molecular complexity index is 533. The number of nitrogens with one attached hydrogen (secondary N) is 3. The number of carbonyl (C=O) groups excluding carboxylic acids is 2. The number of carboxylic acids is 1. The van der Waals surface area contributed by atoms with Crippen LogP contribution >= 0.6 is 15.9 Å². The molecule has 0 aliphatic heterocycles. The van der Waals surface area contributed by atoms with Crippen molar-refractivity contribution in [3.05, 3.63) is 28.7 Å². The summed E-state index contributed by atoms with van der Waals surface area (Å²) >= 11 is 3.29. The first-order valence-corrected chi connectivity index (χ1v) is 7.54. The van der Waals surface area contributed by atoms with Gasteiger partial charge in [0.05, 0.1) is 0 Å². The van der Waals surface area contributed by atoms with Crippen LogP contribution in [0, 0.1) is 0 Å². The summed E-state index contributed by atoms with van der Waals surface area (Å²) in [5, 5.41) is 16.0. The molecule has 0 aliphatic carbocycles. The molecule has 7 nitrogen and oxygen atoms in total. The maximum atomic E-state index is 11.9. The molecule has 0 fully saturated rings. The van der Waals surface area contributed by atoms with E-state index in [9.17, 15) is 14.4 Å². The summed E-state index contributed by atoms with van der Waals surface area (Å²) < 4.78 is 0.885. The summed E-state index contributed by atoms with van der Waals surface area (Å²) in [4.78, 5) is 34.2. The molecule has 1 rings (SSSR count). The topological polar surface area (TPSA) is 108 Å². The van der Waals surface area contributed by atoms with Gasteiger partial charge in [0, 0.05) is 10.2 Å². The zero-order valence-corrected chi connectivity index (χ0v) is 13.6. The molecule has 0 aliphatic rings. The van der Waals surface area contributed by atoms with E-state index in [1.54, 1.807) is 24.3 Å². The standard InChI is InChI=1S/C14H18BrN3O4/c1-2-3-11(13(21)16-8-12(19)20)18-14(22)17-10-6-4-9(15)5-7-10/h4-7,11H,2-3,8H2,1H3,(H,16,21)(H,19,20)(H2,17,18,22). The quantitative estimate of drug-likeness (QED) is 0.587. The highest BCUT2D eigenvalue weighted by atomic mass is 79.9. The Kier molecular flexibility index (Phi) is 7.38. The molecule has 8 heteroatoms. The largest absolute Gasteiger partial charge is 0.480 e. The molecule has 4 N–H and O–H groups in total. The van der Waals surface area contributed by atoms with Crippen LogP contribution in [0.2, 0.25) is 0 Å². The van der Waals surface area contributed by atoms with E-state index in [1.807, 2.05) is 6.92 Å². The van der Waals surface area contributed by atoms with E-state index in [0.717, 1.165) is 4.47 Å². The minimum atomic E-state index is -1.14. The molecule has 0 spiro atoms. The Hall–Kier alpha value is -2.09. The third kappa shape index (κ3) is 6.57. The van der Waals surface area contributed by atoms with E-state index in [4.69, 9.17) is 5.11 Å². The van der Waals surface area contributed by atoms with Crippen molar-refractivity contribution < 1.29 is 19.5 Å². The van der Waals surface area contributed by atoms with E-state index >= 15 is 0 Å². The zero-order valence-electron chi connectivity index (χ0n) is 12.1. The average molecular weight is 372 g/mol. The second-order valence-electron chi connectivity index (χ2n) is 4.56. The zero-order chi connectivity index (χ0) is 16.5. The highest BCUT2D eigenvalue weighted by Crippen LogP contribution is 2.14. The second kappa shape index (κ2) is 9.04. The first kappa shape index (κ1) is 18.0. The van der Waals surface area contributed by atoms with Crippen LogP contribution in [0.4, 0.5) is 10.5 Å². The number of hydrogen-bond donors (Lipinski definition) is 4. The fourth-order valence-electron chi connectivity index (χ4n) is 1.70. The van der Waals surface area contributed by atoms with Gasteiger partial charge in [-0.2, -0.15) is 0 Å². The predicted molar refractivity (Wildman–Crippen MR) is 85.6 cm³/mol. The van der Waals surface area contributed by atoms with Crippen LogP contribution in [0.15, 0.2) is 28.7 Å². The Morgan fingerprint density at radius 3 is 2.41 bits per heavy atom. The molecule has 0 radical (unpaired) electrons. The van der Waals surface area contributed by atoms with Gasteiger partial charge in [-0.3, -0.25) is 9.59 Å². The molecular weight excluding hydrogens is 354 g/mol. The Morgan fingerprint density at radius 1 is 1.23 bits per heavy atom. The van der Waals surface area contributed by atoms with Gasteiger partial charge in [-0.15, -0.1) is 0 Å². The number of anilines is 1. The summed E-state index contributed by atoms with van der Waals surface area (Å²) in [5.41, 5.74) is 0.585. The number of rotatable bonds is 7. The third-order valence-corrected chi connectivity index (χ3v) is 3.24. The normalized spacial score (nSPS) is 11.4. The van der Waals surface area contributed by atoms with Crippen LogP contribution in [0.5, 0.6) is 0 Å². The van der Waals surface area contributed by atoms with Crippen molar-refractivity contribution in [2.24, 2.45) is 0 Å². The van der Waals surface area contributed by atoms with E-state index in [-0.39, 0.29) is 0 Å². The van der Waals surface area contributed by atoms with E-state index in [1.165, 1.54) is 0 Å². The van der Waals surface area contributed by atoms with Gasteiger partial charge in [0.25, 0.3) is 0 Å². The highest BCUT2D eigenvalue weighted by Gasteiger charge is 2.20. The average Bonchev–Trinajstić information content (AvgIpc) is 2.46. The van der Waals surface area contributed by atoms with Gasteiger partial charge in [0.1, 0.15) is 12.6 Å². The van der Waals surface area contributed by atoms with E-state index in [0.29, 0.717) is 18.5 Å². The van der Waals surface area contributed by atoms with Crippen molar-refractivity contribution in [1.82, 2.24) is 10.6 Å². The molecule has 0 saturated carbocycles. The van der Waals surface area contributed by atoms with Crippen LogP contribution in [0.1, 0.15) is 19.8 Å². The minimum Gasteiger partial charge on any atom is -0.480 e. The summed E-state index contributed by atoms with van der Waals surface area (Å²) in [5.74, 6) is -1.65. The SMILES string of the molecule is CCCC(NC(=O)Nc1ccc(Br)cc1)C(=O)NCC(=O)O. The lowest BCUT2D eigenvalue weighted by molar-refractivity contribution is -0.138. The molecule has 0 bridgehead atoms. The molecule has 1 atom stereocenters. The smallest absolute Gasteiger partial charge is 0.322 e. The van der Waals surface area contributed by atoms with Gasteiger partial charge in [0.15, 0.2) is 0 Å². The molecule has 0 aromatic heterocycles. The Labute approximate surface area is 136 Å². The van der Waals surface area contributed by atoms with Crippen molar-refractivity contribution in [2.45, 2.75) is 25.8 Å². The molecule has 120 valence electrons. The van der Waals surface area contributed by atoms with Gasteiger partial charge in [0.2, 0.25) is 5.91 Å². The van der Waals surface area contributed by atoms with Gasteiger partial charge < -0.3 is 21.1 Å². The molecular formula is C14H18BrN3O4. The Morgan fingerprint density at radius 2 is 1.86 bits per heavy atom. The summed E-state index contributed by atoms with van der Waals surface area (Å²) in [6, 6.07) is 5.68. The van der Waals surface area contributed by atoms with Crippen molar-refractivity contribution >= 4 is 39.5 Å². The number of hydrogen-bond acceptors (Lipinski definition) is 3. The van der Waals surface area contributed by atoms with E-state index < -0.39 is 30.5 Å². The monoisotopic (exact) mass is 371 g/mol. The lowest BCUT2D eigenvalue weighted by Crippen LogP contribution is -2.49. The van der Waals surface area contributed by atoms with Crippen LogP contribution in [0.3, 0.4) is 0 Å². The predicted octanol–water partition coefficient (Wildman–Crippen LogP) is 1.94. The lowest BCUT2D eigenvalue weighted by atomic mass is 10.1. The first-order chi connectivity index (χ1) is 10.4. The van der Waals surface area contributed by atoms with Crippen molar-refractivity contribution in [1.29, 1.82) is 0 Å². The van der Waals surface area contributed by atoms with Crippen LogP contribution in [-0.4, -0.2) is 35.6 Å². The lowest BCUT2D eigenvalue weighted by Gasteiger charge is -2.17. The number of halogens is 1. The Balaban J connectivity index is 2.57. The van der Waals surface area contributed by atoms with Crippen LogP contribution in [-0.2, 0) is 9.59 Å². The summed E-state index contributed by atoms with van der Waals surface area (Å²) in [7, 11) is 0. The summed E-state index contributed by atoms with van der Waals surface area (Å²) in [6.45, 7) is 1.39. The van der Waals surface area contributed by atoms with Gasteiger partial charge in [-0.1, -0.05) is 29.3 Å². The highest BCUT2D eigenvalue weighted by molar-refractivity contribution is 9.10. The van der Waals surface area contributed by atoms with Crippen LogP contribution < -0.4 is 16.0 Å². The number of urea groups is 1. The first-order valence-electron chi connectivity index (χ1n) is 6.75. The molecule has 3 amide bonds. The second-order valence-corrected chi connectivity index (χ2v) is 5.47. The van der Waals surface area contributed by atoms with Gasteiger partial charge in [-0.05, 0) is 30.7 Å². The maximum Gasteiger partial charge on any atom is 0.322 e. The fourth-order valence-corrected chi connectivity index (χ4v) is 1.97. The van der Waals surface area contributed by atoms with Crippen molar-refractivity contribution in [2.75, 3.05) is 11.9 Å². The van der Waals surface area contributed by atoms with Crippen LogP contribution in [0.25, 0.3) is 0 Å². The molecule has 22 heavy (non-hydrogen) atoms. The summed E-state index contributed by atoms with van der Waals surface area (Å²) in [6.07, 6.45) is 1.09. The van der Waals surface area contributed by atoms with Gasteiger partial charge >= 0.3 is 12.0 Å². The van der Waals surface area contributed by atoms with Crippen molar-refractivity contribution in [3.63, 3.8) is 0 Å². The molecule has 1 aromatic rings.